The third-order valence-corrected chi connectivity index (χ3v) is 9.29. The fourth-order valence-electron chi connectivity index (χ4n) is 7.14. The van der Waals surface area contributed by atoms with Crippen LogP contribution in [0.25, 0.3) is 0 Å². The van der Waals surface area contributed by atoms with E-state index in [1.165, 1.54) is 0 Å². The molecule has 0 spiro atoms. The average molecular weight is 543 g/mol. The molecule has 0 N–H and O–H groups in total. The Bertz CT molecular complexity index is 701. The summed E-state index contributed by atoms with van der Waals surface area (Å²) < 4.78 is 0. The predicted octanol–water partition coefficient (Wildman–Crippen LogP) is 4.58. The lowest BCUT2D eigenvalue weighted by molar-refractivity contribution is -0.271. The molecule has 216 valence electrons. The average Bonchev–Trinajstić information content (AvgIpc) is 2.74. The summed E-state index contributed by atoms with van der Waals surface area (Å²) in [5, 5.41) is 4.14. The second-order valence-corrected chi connectivity index (χ2v) is 14.7. The van der Waals surface area contributed by atoms with E-state index in [-0.39, 0.29) is 46.1 Å². The Balaban J connectivity index is 1.79. The summed E-state index contributed by atoms with van der Waals surface area (Å²) >= 11 is 1.69. The van der Waals surface area contributed by atoms with Crippen LogP contribution in [0.2, 0.25) is 0 Å². The van der Waals surface area contributed by atoms with Crippen molar-refractivity contribution in [3.05, 3.63) is 0 Å². The summed E-state index contributed by atoms with van der Waals surface area (Å²) in [6, 6.07) is 0.365. The summed E-state index contributed by atoms with van der Waals surface area (Å²) in [6.07, 6.45) is 4.48. The number of nitrogens with zero attached hydrogens (tertiary/aromatic N) is 4. The molecular weight excluding hydrogens is 488 g/mol. The van der Waals surface area contributed by atoms with Crippen LogP contribution in [0.3, 0.4) is 0 Å². The minimum atomic E-state index is -0.151. The molecule has 0 unspecified atom stereocenters. The molecule has 0 aromatic rings. The first-order chi connectivity index (χ1) is 16.9. The zero-order valence-corrected chi connectivity index (χ0v) is 26.5. The maximum Gasteiger partial charge on any atom is 0.223 e. The van der Waals surface area contributed by atoms with Crippen molar-refractivity contribution in [3.63, 3.8) is 0 Å². The zero-order valence-electron chi connectivity index (χ0n) is 25.6. The molecule has 0 aromatic heterocycles. The van der Waals surface area contributed by atoms with Crippen molar-refractivity contribution in [2.75, 3.05) is 39.8 Å². The lowest BCUT2D eigenvalue weighted by Crippen LogP contribution is -2.63. The van der Waals surface area contributed by atoms with Gasteiger partial charge >= 0.3 is 0 Å². The Labute approximate surface area is 230 Å². The molecule has 2 rings (SSSR count). The molecule has 0 radical (unpaired) electrons. The van der Waals surface area contributed by atoms with Gasteiger partial charge in [0.1, 0.15) is 0 Å². The summed E-state index contributed by atoms with van der Waals surface area (Å²) in [4.78, 5) is 41.2. The maximum absolute atomic E-state index is 13.0. The van der Waals surface area contributed by atoms with Crippen molar-refractivity contribution in [2.45, 2.75) is 128 Å². The summed E-state index contributed by atoms with van der Waals surface area (Å²) in [6.45, 7) is 17.4. The molecule has 8 nitrogen and oxygen atoms in total. The first-order valence-electron chi connectivity index (χ1n) is 13.7. The highest BCUT2D eigenvalue weighted by atomic mass is 32.2. The molecule has 0 aliphatic carbocycles. The van der Waals surface area contributed by atoms with E-state index >= 15 is 0 Å². The number of hydrogen-bond acceptors (Lipinski definition) is 7. The lowest BCUT2D eigenvalue weighted by Gasteiger charge is -2.54. The normalized spacial score (nSPS) is 24.1. The molecule has 0 saturated carbocycles. The number of amides is 2. The van der Waals surface area contributed by atoms with Crippen molar-refractivity contribution < 1.29 is 19.3 Å². The SMILES string of the molecule is CON1C(C)(C)CC(N(C)C(=O)CCSCCC(=O)N(C)C2CC(C)(C)N(OC)C(C)(C)C2)CC1(C)C. The van der Waals surface area contributed by atoms with Crippen molar-refractivity contribution in [1.29, 1.82) is 0 Å². The Morgan fingerprint density at radius 3 is 1.19 bits per heavy atom. The van der Waals surface area contributed by atoms with E-state index < -0.39 is 0 Å². The van der Waals surface area contributed by atoms with Crippen LogP contribution in [0, 0.1) is 0 Å². The lowest BCUT2D eigenvalue weighted by atomic mass is 9.78. The molecule has 2 saturated heterocycles. The van der Waals surface area contributed by atoms with E-state index in [1.54, 1.807) is 26.0 Å². The number of carbonyl (C=O) groups excluding carboxylic acids is 2. The van der Waals surface area contributed by atoms with E-state index in [1.807, 2.05) is 23.9 Å². The standard InChI is InChI=1S/C28H54N4O4S/c1-25(2)17-21(18-26(3,4)31(25)35-11)29(9)23(33)13-15-37-16-14-24(34)30(10)22-19-27(5,6)32(36-12)28(7,8)20-22/h21-22H,13-20H2,1-12H3. The van der Waals surface area contributed by atoms with Gasteiger partial charge in [-0.25, -0.2) is 0 Å². The monoisotopic (exact) mass is 542 g/mol. The third-order valence-electron chi connectivity index (χ3n) is 8.31. The van der Waals surface area contributed by atoms with E-state index in [9.17, 15) is 9.59 Å². The smallest absolute Gasteiger partial charge is 0.223 e. The Hall–Kier alpha value is -0.870. The van der Waals surface area contributed by atoms with Gasteiger partial charge in [0.15, 0.2) is 0 Å². The number of rotatable bonds is 10. The molecular formula is C28H54N4O4S. The van der Waals surface area contributed by atoms with Crippen LogP contribution in [0.5, 0.6) is 0 Å². The fourth-order valence-corrected chi connectivity index (χ4v) is 7.98. The Morgan fingerprint density at radius 2 is 0.946 bits per heavy atom. The van der Waals surface area contributed by atoms with Gasteiger partial charge in [-0.15, -0.1) is 0 Å². The zero-order chi connectivity index (χ0) is 28.4. The van der Waals surface area contributed by atoms with Crippen LogP contribution in [0.4, 0.5) is 0 Å². The third kappa shape index (κ3) is 7.62. The minimum absolute atomic E-state index is 0.151. The van der Waals surface area contributed by atoms with E-state index in [0.29, 0.717) is 12.8 Å². The highest BCUT2D eigenvalue weighted by Gasteiger charge is 2.48. The summed E-state index contributed by atoms with van der Waals surface area (Å²) in [7, 11) is 7.32. The van der Waals surface area contributed by atoms with Crippen LogP contribution in [-0.2, 0) is 19.3 Å². The number of thioether (sulfide) groups is 1. The second kappa shape index (κ2) is 12.1. The second-order valence-electron chi connectivity index (χ2n) is 13.4. The molecule has 2 amide bonds. The highest BCUT2D eigenvalue weighted by Crippen LogP contribution is 2.41. The van der Waals surface area contributed by atoms with Crippen molar-refractivity contribution in [1.82, 2.24) is 19.9 Å². The minimum Gasteiger partial charge on any atom is -0.343 e. The van der Waals surface area contributed by atoms with Gasteiger partial charge in [-0.05, 0) is 81.1 Å². The van der Waals surface area contributed by atoms with Gasteiger partial charge in [0.05, 0.1) is 14.2 Å². The predicted molar refractivity (Wildman–Crippen MR) is 152 cm³/mol. The van der Waals surface area contributed by atoms with Gasteiger partial charge in [-0.1, -0.05) is 0 Å². The summed E-state index contributed by atoms with van der Waals surface area (Å²) in [5.74, 6) is 1.81. The number of carbonyl (C=O) groups is 2. The van der Waals surface area contributed by atoms with Crippen LogP contribution in [-0.4, -0.2) is 106 Å². The first-order valence-corrected chi connectivity index (χ1v) is 14.8. The number of piperidine rings is 2. The largest absolute Gasteiger partial charge is 0.343 e. The van der Waals surface area contributed by atoms with Gasteiger partial charge < -0.3 is 19.5 Å². The van der Waals surface area contributed by atoms with Gasteiger partial charge in [-0.3, -0.25) is 9.59 Å². The van der Waals surface area contributed by atoms with Gasteiger partial charge in [0.2, 0.25) is 11.8 Å². The molecule has 9 heteroatoms. The maximum atomic E-state index is 13.0. The van der Waals surface area contributed by atoms with Crippen molar-refractivity contribution in [2.24, 2.45) is 0 Å². The Kier molecular flexibility index (Phi) is 10.6. The van der Waals surface area contributed by atoms with Crippen LogP contribution >= 0.6 is 11.8 Å². The van der Waals surface area contributed by atoms with E-state index in [2.05, 4.69) is 65.5 Å². The highest BCUT2D eigenvalue weighted by molar-refractivity contribution is 7.99. The molecule has 2 aliphatic rings. The van der Waals surface area contributed by atoms with E-state index in [4.69, 9.17) is 9.68 Å². The first kappa shape index (κ1) is 32.3. The molecule has 0 bridgehead atoms. The summed E-state index contributed by atoms with van der Waals surface area (Å²) in [5.41, 5.74) is -0.605. The fraction of sp³-hybridized carbons (Fsp3) is 0.929. The van der Waals surface area contributed by atoms with E-state index in [0.717, 1.165) is 37.2 Å². The van der Waals surface area contributed by atoms with Gasteiger partial charge in [0, 0.05) is 72.7 Å². The molecule has 0 aromatic carbocycles. The Morgan fingerprint density at radius 1 is 0.676 bits per heavy atom. The van der Waals surface area contributed by atoms with Crippen LogP contribution < -0.4 is 0 Å². The molecule has 2 heterocycles. The van der Waals surface area contributed by atoms with Crippen molar-refractivity contribution in [3.8, 4) is 0 Å². The topological polar surface area (TPSA) is 65.6 Å². The molecule has 2 fully saturated rings. The number of hydroxylamine groups is 4. The van der Waals surface area contributed by atoms with Gasteiger partial charge in [-0.2, -0.15) is 21.9 Å². The van der Waals surface area contributed by atoms with Gasteiger partial charge in [0.25, 0.3) is 0 Å². The number of hydrogen-bond donors (Lipinski definition) is 0. The van der Waals surface area contributed by atoms with Crippen LogP contribution in [0.15, 0.2) is 0 Å². The molecule has 0 atom stereocenters. The molecule has 37 heavy (non-hydrogen) atoms. The van der Waals surface area contributed by atoms with Crippen LogP contribution in [0.1, 0.15) is 93.9 Å². The van der Waals surface area contributed by atoms with Crippen molar-refractivity contribution >= 4 is 23.6 Å². The molecule has 2 aliphatic heterocycles. The quantitative estimate of drug-likeness (QED) is 0.374.